The molecule has 1 fully saturated rings. The Hall–Kier alpha value is -3.18. The number of rotatable bonds is 5. The Morgan fingerprint density at radius 3 is 2.47 bits per heavy atom. The summed E-state index contributed by atoms with van der Waals surface area (Å²) >= 11 is 0. The van der Waals surface area contributed by atoms with Gasteiger partial charge in [-0.1, -0.05) is 12.1 Å². The molecule has 2 aliphatic heterocycles. The Morgan fingerprint density at radius 1 is 1.15 bits per heavy atom. The molecule has 182 valence electrons. The van der Waals surface area contributed by atoms with Gasteiger partial charge in [0, 0.05) is 26.3 Å². The number of hydrogen-bond donors (Lipinski definition) is 1. The zero-order valence-electron chi connectivity index (χ0n) is 19.6. The first-order chi connectivity index (χ1) is 15.9. The van der Waals surface area contributed by atoms with Gasteiger partial charge in [-0.15, -0.1) is 0 Å². The summed E-state index contributed by atoms with van der Waals surface area (Å²) in [5, 5.41) is 2.78. The lowest BCUT2D eigenvalue weighted by Gasteiger charge is -2.42. The number of anilines is 2. The van der Waals surface area contributed by atoms with E-state index in [1.807, 2.05) is 0 Å². The van der Waals surface area contributed by atoms with E-state index in [-0.39, 0.29) is 16.5 Å². The molecular formula is C23H28N4O6S. The van der Waals surface area contributed by atoms with Crippen molar-refractivity contribution in [3.05, 3.63) is 42.2 Å². The highest BCUT2D eigenvalue weighted by molar-refractivity contribution is 7.89. The predicted molar refractivity (Wildman–Crippen MR) is 125 cm³/mol. The molecule has 2 amide bonds. The van der Waals surface area contributed by atoms with Crippen molar-refractivity contribution in [2.75, 3.05) is 23.3 Å². The lowest BCUT2D eigenvalue weighted by Crippen LogP contribution is -2.60. The van der Waals surface area contributed by atoms with E-state index in [2.05, 4.69) is 5.32 Å². The second kappa shape index (κ2) is 8.55. The van der Waals surface area contributed by atoms with E-state index in [0.29, 0.717) is 24.5 Å². The molecule has 34 heavy (non-hydrogen) atoms. The molecule has 0 aliphatic carbocycles. The van der Waals surface area contributed by atoms with E-state index in [4.69, 9.17) is 4.74 Å². The number of para-hydroxylation sites is 2. The summed E-state index contributed by atoms with van der Waals surface area (Å²) in [5.74, 6) is -1.77. The largest absolute Gasteiger partial charge is 0.448 e. The number of amides is 2. The molecule has 10 nitrogen and oxygen atoms in total. The van der Waals surface area contributed by atoms with E-state index >= 15 is 0 Å². The van der Waals surface area contributed by atoms with Gasteiger partial charge in [0.15, 0.2) is 6.10 Å². The first-order valence-corrected chi connectivity index (χ1v) is 12.5. The number of fused-ring (bicyclic) bond motifs is 1. The Balaban J connectivity index is 1.56. The van der Waals surface area contributed by atoms with Crippen molar-refractivity contribution in [1.82, 2.24) is 8.87 Å². The maximum Gasteiger partial charge on any atom is 0.355 e. The molecule has 2 aliphatic rings. The van der Waals surface area contributed by atoms with E-state index in [0.717, 1.165) is 12.8 Å². The van der Waals surface area contributed by atoms with Crippen LogP contribution in [0.3, 0.4) is 0 Å². The number of ether oxygens (including phenoxy) is 1. The van der Waals surface area contributed by atoms with Crippen LogP contribution in [0.25, 0.3) is 0 Å². The smallest absolute Gasteiger partial charge is 0.355 e. The van der Waals surface area contributed by atoms with Crippen LogP contribution in [0.5, 0.6) is 0 Å². The minimum absolute atomic E-state index is 0.00518. The van der Waals surface area contributed by atoms with Crippen LogP contribution >= 0.6 is 0 Å². The third-order valence-corrected chi connectivity index (χ3v) is 8.12. The van der Waals surface area contributed by atoms with Crippen LogP contribution < -0.4 is 10.2 Å². The molecule has 1 N–H and O–H groups in total. The van der Waals surface area contributed by atoms with Gasteiger partial charge >= 0.3 is 5.97 Å². The topological polar surface area (TPSA) is 118 Å². The Morgan fingerprint density at radius 2 is 1.79 bits per heavy atom. The van der Waals surface area contributed by atoms with E-state index in [9.17, 15) is 22.8 Å². The standard InChI is InChI=1S/C23H28N4O6S/c1-15(20(28)27-18-10-6-5-9-17(18)24-22(30)23(27,2)3)33-21(29)19-13-16(14-25(19)4)34(31,32)26-11-7-8-12-26/h5-6,9-10,13-15H,7-8,11-12H2,1-4H3,(H,24,30)/t15-/m0/s1. The number of hydrogen-bond acceptors (Lipinski definition) is 6. The van der Waals surface area contributed by atoms with Gasteiger partial charge in [-0.05, 0) is 51.8 Å². The lowest BCUT2D eigenvalue weighted by atomic mass is 9.95. The second-order valence-corrected chi connectivity index (χ2v) is 11.0. The molecule has 1 saturated heterocycles. The number of benzene rings is 1. The quantitative estimate of drug-likeness (QED) is 0.644. The van der Waals surface area contributed by atoms with Crippen LogP contribution in [0.15, 0.2) is 41.4 Å². The Kier molecular flexibility index (Phi) is 6.03. The van der Waals surface area contributed by atoms with Crippen molar-refractivity contribution >= 4 is 39.2 Å². The van der Waals surface area contributed by atoms with Gasteiger partial charge < -0.3 is 14.6 Å². The van der Waals surface area contributed by atoms with Gasteiger partial charge in [-0.25, -0.2) is 13.2 Å². The fourth-order valence-corrected chi connectivity index (χ4v) is 5.84. The van der Waals surface area contributed by atoms with Gasteiger partial charge in [-0.3, -0.25) is 14.5 Å². The number of nitrogens with one attached hydrogen (secondary N) is 1. The van der Waals surface area contributed by atoms with Crippen LogP contribution in [-0.2, 0) is 31.4 Å². The van der Waals surface area contributed by atoms with E-state index in [1.54, 1.807) is 45.2 Å². The SMILES string of the molecule is C[C@H](OC(=O)c1cc(S(=O)(=O)N2CCCC2)cn1C)C(=O)N1c2ccccc2NC(=O)C1(C)C. The maximum absolute atomic E-state index is 13.4. The highest BCUT2D eigenvalue weighted by Crippen LogP contribution is 2.37. The lowest BCUT2D eigenvalue weighted by molar-refractivity contribution is -0.131. The summed E-state index contributed by atoms with van der Waals surface area (Å²) in [4.78, 5) is 40.2. The molecular weight excluding hydrogens is 460 g/mol. The molecule has 3 heterocycles. The van der Waals surface area contributed by atoms with Gasteiger partial charge in [0.05, 0.1) is 11.4 Å². The molecule has 1 atom stereocenters. The molecule has 0 bridgehead atoms. The minimum atomic E-state index is -3.71. The Labute approximate surface area is 198 Å². The second-order valence-electron chi connectivity index (χ2n) is 9.03. The number of nitrogens with zero attached hydrogens (tertiary/aromatic N) is 3. The molecule has 0 radical (unpaired) electrons. The van der Waals surface area contributed by atoms with Crippen molar-refractivity contribution < 1.29 is 27.5 Å². The van der Waals surface area contributed by atoms with Gasteiger partial charge in [0.1, 0.15) is 16.1 Å². The predicted octanol–water partition coefficient (Wildman–Crippen LogP) is 2.12. The number of sulfonamides is 1. The molecule has 1 aromatic heterocycles. The number of aromatic nitrogens is 1. The zero-order chi connectivity index (χ0) is 24.8. The summed E-state index contributed by atoms with van der Waals surface area (Å²) in [5.41, 5.74) is -0.224. The highest BCUT2D eigenvalue weighted by atomic mass is 32.2. The summed E-state index contributed by atoms with van der Waals surface area (Å²) < 4.78 is 33.9. The molecule has 11 heteroatoms. The zero-order valence-corrected chi connectivity index (χ0v) is 20.4. The molecule has 0 saturated carbocycles. The van der Waals surface area contributed by atoms with Gasteiger partial charge in [-0.2, -0.15) is 4.31 Å². The molecule has 2 aromatic rings. The van der Waals surface area contributed by atoms with E-state index < -0.39 is 33.5 Å². The van der Waals surface area contributed by atoms with Crippen LogP contribution in [0.4, 0.5) is 11.4 Å². The molecule has 1 aromatic carbocycles. The third kappa shape index (κ3) is 3.98. The number of carbonyl (C=O) groups is 3. The average molecular weight is 489 g/mol. The van der Waals surface area contributed by atoms with Gasteiger partial charge in [0.2, 0.25) is 15.9 Å². The third-order valence-electron chi connectivity index (χ3n) is 6.25. The summed E-state index contributed by atoms with van der Waals surface area (Å²) in [7, 11) is -2.16. The van der Waals surface area contributed by atoms with Crippen molar-refractivity contribution in [2.45, 2.75) is 50.2 Å². The molecule has 0 unspecified atom stereocenters. The van der Waals surface area contributed by atoms with Crippen LogP contribution in [0.1, 0.15) is 44.1 Å². The maximum atomic E-state index is 13.4. The fraction of sp³-hybridized carbons (Fsp3) is 0.435. The van der Waals surface area contributed by atoms with Crippen LogP contribution in [0, 0.1) is 0 Å². The van der Waals surface area contributed by atoms with Crippen molar-refractivity contribution in [3.63, 3.8) is 0 Å². The summed E-state index contributed by atoms with van der Waals surface area (Å²) in [6.07, 6.45) is 1.74. The number of aryl methyl sites for hydroxylation is 1. The summed E-state index contributed by atoms with van der Waals surface area (Å²) in [6, 6.07) is 8.14. The van der Waals surface area contributed by atoms with Gasteiger partial charge in [0.25, 0.3) is 5.91 Å². The average Bonchev–Trinajstić information content (AvgIpc) is 3.45. The molecule has 4 rings (SSSR count). The first kappa shape index (κ1) is 24.0. The number of esters is 1. The minimum Gasteiger partial charge on any atom is -0.448 e. The first-order valence-electron chi connectivity index (χ1n) is 11.1. The normalized spacial score (nSPS) is 18.8. The molecule has 0 spiro atoms. The number of carbonyl (C=O) groups excluding carboxylic acids is 3. The highest BCUT2D eigenvalue weighted by Gasteiger charge is 2.45. The van der Waals surface area contributed by atoms with Crippen molar-refractivity contribution in [3.8, 4) is 0 Å². The summed E-state index contributed by atoms with van der Waals surface area (Å²) in [6.45, 7) is 5.54. The van der Waals surface area contributed by atoms with Crippen molar-refractivity contribution in [1.29, 1.82) is 0 Å². The van der Waals surface area contributed by atoms with E-state index in [1.165, 1.54) is 33.0 Å². The monoisotopic (exact) mass is 488 g/mol. The van der Waals surface area contributed by atoms with Crippen LogP contribution in [-0.4, -0.2) is 59.8 Å². The van der Waals surface area contributed by atoms with Crippen molar-refractivity contribution in [2.24, 2.45) is 7.05 Å². The Bertz CT molecular complexity index is 1260. The van der Waals surface area contributed by atoms with Crippen LogP contribution in [0.2, 0.25) is 0 Å². The fourth-order valence-electron chi connectivity index (χ4n) is 4.26.